The Hall–Kier alpha value is -0.830. The average Bonchev–Trinajstić information content (AvgIpc) is 2.76. The number of hydrogen-bond donors (Lipinski definition) is 1. The molecule has 1 saturated heterocycles. The smallest absolute Gasteiger partial charge is 0.328 e. The van der Waals surface area contributed by atoms with E-state index in [4.69, 9.17) is 9.84 Å². The summed E-state index contributed by atoms with van der Waals surface area (Å²) in [6, 6.07) is 0. The second-order valence-corrected chi connectivity index (χ2v) is 9.37. The van der Waals surface area contributed by atoms with E-state index >= 15 is 0 Å². The van der Waals surface area contributed by atoms with Crippen LogP contribution in [0.15, 0.2) is 11.6 Å². The molecular formula is C20H32O3. The fraction of sp³-hybridized carbons (Fsp3) is 0.850. The molecule has 1 aliphatic heterocycles. The third-order valence-electron chi connectivity index (χ3n) is 7.46. The highest BCUT2D eigenvalue weighted by atomic mass is 16.5. The van der Waals surface area contributed by atoms with Crippen molar-refractivity contribution in [3.63, 3.8) is 0 Å². The molecule has 0 aromatic carbocycles. The molecule has 1 N–H and O–H groups in total. The van der Waals surface area contributed by atoms with E-state index in [2.05, 4.69) is 27.7 Å². The molecule has 3 nitrogen and oxygen atoms in total. The highest BCUT2D eigenvalue weighted by molar-refractivity contribution is 5.80. The Bertz CT molecular complexity index is 535. The maximum atomic E-state index is 11.0. The summed E-state index contributed by atoms with van der Waals surface area (Å²) in [5, 5.41) is 9.04. The van der Waals surface area contributed by atoms with Gasteiger partial charge >= 0.3 is 5.97 Å². The normalized spacial score (nSPS) is 46.1. The van der Waals surface area contributed by atoms with Crippen molar-refractivity contribution in [2.75, 3.05) is 0 Å². The van der Waals surface area contributed by atoms with Crippen LogP contribution in [-0.2, 0) is 9.53 Å². The minimum absolute atomic E-state index is 0.0262. The maximum Gasteiger partial charge on any atom is 0.328 e. The van der Waals surface area contributed by atoms with Crippen molar-refractivity contribution < 1.29 is 14.6 Å². The molecule has 3 heteroatoms. The van der Waals surface area contributed by atoms with Gasteiger partial charge in [0, 0.05) is 6.08 Å². The van der Waals surface area contributed by atoms with Crippen molar-refractivity contribution >= 4 is 5.97 Å². The summed E-state index contributed by atoms with van der Waals surface area (Å²) in [5.41, 5.74) is 1.52. The van der Waals surface area contributed by atoms with Gasteiger partial charge in [0.2, 0.25) is 0 Å². The minimum atomic E-state index is -0.867. The summed E-state index contributed by atoms with van der Waals surface area (Å²) in [6.07, 6.45) is 8.56. The van der Waals surface area contributed by atoms with Gasteiger partial charge in [-0.1, -0.05) is 27.2 Å². The number of aliphatic carboxylic acids is 1. The summed E-state index contributed by atoms with van der Waals surface area (Å²) in [7, 11) is 0. The van der Waals surface area contributed by atoms with Gasteiger partial charge in [-0.25, -0.2) is 4.79 Å². The Morgan fingerprint density at radius 2 is 1.83 bits per heavy atom. The molecular weight excluding hydrogens is 288 g/mol. The van der Waals surface area contributed by atoms with Crippen LogP contribution in [0.3, 0.4) is 0 Å². The summed E-state index contributed by atoms with van der Waals surface area (Å²) >= 11 is 0. The lowest BCUT2D eigenvalue weighted by Gasteiger charge is -2.60. The summed E-state index contributed by atoms with van der Waals surface area (Å²) in [6.45, 7) is 11.6. The van der Waals surface area contributed by atoms with Crippen LogP contribution in [0.25, 0.3) is 0 Å². The zero-order valence-corrected chi connectivity index (χ0v) is 15.3. The van der Waals surface area contributed by atoms with Gasteiger partial charge in [0.15, 0.2) is 0 Å². The molecule has 0 radical (unpaired) electrons. The van der Waals surface area contributed by atoms with E-state index in [0.29, 0.717) is 16.7 Å². The van der Waals surface area contributed by atoms with E-state index in [0.717, 1.165) is 24.3 Å². The molecule has 0 bridgehead atoms. The van der Waals surface area contributed by atoms with Crippen molar-refractivity contribution in [1.82, 2.24) is 0 Å². The standard InChI is InChI=1S/C20H32O3/c1-13(11-17(21)22)14-12-16-19(4)9-6-8-18(2,3)15(19)7-10-20(16,5)23-14/h11,14-16H,6-10,12H2,1-5H3,(H,21,22). The molecule has 3 aliphatic rings. The predicted molar refractivity (Wildman–Crippen MR) is 91.2 cm³/mol. The van der Waals surface area contributed by atoms with Crippen molar-refractivity contribution in [2.24, 2.45) is 22.7 Å². The van der Waals surface area contributed by atoms with Gasteiger partial charge in [-0.05, 0) is 74.2 Å². The van der Waals surface area contributed by atoms with Crippen molar-refractivity contribution in [3.05, 3.63) is 11.6 Å². The van der Waals surface area contributed by atoms with Crippen molar-refractivity contribution in [1.29, 1.82) is 0 Å². The Kier molecular flexibility index (Phi) is 3.95. The first-order valence-electron chi connectivity index (χ1n) is 9.17. The Morgan fingerprint density at radius 3 is 2.48 bits per heavy atom. The van der Waals surface area contributed by atoms with Gasteiger partial charge in [0.05, 0.1) is 11.7 Å². The molecule has 0 spiro atoms. The van der Waals surface area contributed by atoms with Crippen LogP contribution in [0.4, 0.5) is 0 Å². The van der Waals surface area contributed by atoms with E-state index in [-0.39, 0.29) is 11.7 Å². The van der Waals surface area contributed by atoms with E-state index in [9.17, 15) is 4.79 Å². The Labute approximate surface area is 140 Å². The predicted octanol–water partition coefficient (Wildman–Crippen LogP) is 4.81. The monoisotopic (exact) mass is 320 g/mol. The van der Waals surface area contributed by atoms with Gasteiger partial charge in [0.1, 0.15) is 0 Å². The highest BCUT2D eigenvalue weighted by Crippen LogP contribution is 2.65. The molecule has 130 valence electrons. The summed E-state index contributed by atoms with van der Waals surface area (Å²) < 4.78 is 6.47. The van der Waals surface area contributed by atoms with E-state index < -0.39 is 5.97 Å². The second-order valence-electron chi connectivity index (χ2n) is 9.37. The zero-order chi connectivity index (χ0) is 17.0. The number of hydrogen-bond acceptors (Lipinski definition) is 2. The summed E-state index contributed by atoms with van der Waals surface area (Å²) in [5.74, 6) is 0.428. The quantitative estimate of drug-likeness (QED) is 0.743. The molecule has 0 aromatic rings. The molecule has 0 aromatic heterocycles. The molecule has 2 aliphatic carbocycles. The topological polar surface area (TPSA) is 46.5 Å². The van der Waals surface area contributed by atoms with Crippen molar-refractivity contribution in [3.8, 4) is 0 Å². The van der Waals surface area contributed by atoms with Gasteiger partial charge in [-0.15, -0.1) is 0 Å². The minimum Gasteiger partial charge on any atom is -0.478 e. The van der Waals surface area contributed by atoms with E-state index in [1.807, 2.05) is 6.92 Å². The number of carbonyl (C=O) groups is 1. The molecule has 0 amide bonds. The number of ether oxygens (including phenoxy) is 1. The number of carboxylic acid groups (broad SMARTS) is 1. The number of rotatable bonds is 2. The maximum absolute atomic E-state index is 11.0. The van der Waals surface area contributed by atoms with E-state index in [1.165, 1.54) is 31.8 Å². The van der Waals surface area contributed by atoms with E-state index in [1.54, 1.807) is 0 Å². The third kappa shape index (κ3) is 2.65. The van der Waals surface area contributed by atoms with Gasteiger partial charge in [-0.3, -0.25) is 0 Å². The molecule has 5 unspecified atom stereocenters. The molecule has 3 rings (SSSR count). The highest BCUT2D eigenvalue weighted by Gasteiger charge is 2.62. The molecule has 23 heavy (non-hydrogen) atoms. The Balaban J connectivity index is 1.91. The zero-order valence-electron chi connectivity index (χ0n) is 15.3. The first-order chi connectivity index (χ1) is 10.6. The summed E-state index contributed by atoms with van der Waals surface area (Å²) in [4.78, 5) is 11.0. The lowest BCUT2D eigenvalue weighted by Crippen LogP contribution is -2.55. The second kappa shape index (κ2) is 5.34. The largest absolute Gasteiger partial charge is 0.478 e. The van der Waals surface area contributed by atoms with Gasteiger partial charge < -0.3 is 9.84 Å². The SMILES string of the molecule is CC(=CC(=O)O)C1CC2C(C)(CCC3C(C)(C)CCCC32C)O1. The Morgan fingerprint density at radius 1 is 1.13 bits per heavy atom. The van der Waals surface area contributed by atoms with Crippen LogP contribution in [0.5, 0.6) is 0 Å². The first kappa shape index (κ1) is 17.0. The molecule has 3 fully saturated rings. The number of fused-ring (bicyclic) bond motifs is 3. The van der Waals surface area contributed by atoms with Gasteiger partial charge in [-0.2, -0.15) is 0 Å². The third-order valence-corrected chi connectivity index (χ3v) is 7.46. The lowest BCUT2D eigenvalue weighted by molar-refractivity contribution is -0.152. The fourth-order valence-electron chi connectivity index (χ4n) is 6.42. The van der Waals surface area contributed by atoms with Crippen LogP contribution < -0.4 is 0 Å². The fourth-order valence-corrected chi connectivity index (χ4v) is 6.42. The number of carboxylic acids is 1. The molecule has 1 heterocycles. The lowest BCUT2D eigenvalue weighted by atomic mass is 9.45. The molecule has 2 saturated carbocycles. The van der Waals surface area contributed by atoms with Crippen LogP contribution in [0.1, 0.15) is 73.1 Å². The molecule has 5 atom stereocenters. The van der Waals surface area contributed by atoms with Crippen LogP contribution in [-0.4, -0.2) is 22.8 Å². The first-order valence-corrected chi connectivity index (χ1v) is 9.17. The van der Waals surface area contributed by atoms with Crippen LogP contribution in [0.2, 0.25) is 0 Å². The van der Waals surface area contributed by atoms with Crippen LogP contribution >= 0.6 is 0 Å². The van der Waals surface area contributed by atoms with Crippen LogP contribution in [0, 0.1) is 22.7 Å². The van der Waals surface area contributed by atoms with Gasteiger partial charge in [0.25, 0.3) is 0 Å². The average molecular weight is 320 g/mol. The van der Waals surface area contributed by atoms with Crippen molar-refractivity contribution in [2.45, 2.75) is 84.8 Å².